The molecule has 0 radical (unpaired) electrons. The number of carbonyl (C=O) groups is 1. The van der Waals surface area contributed by atoms with Crippen molar-refractivity contribution in [3.63, 3.8) is 0 Å². The molecule has 0 spiro atoms. The van der Waals surface area contributed by atoms with Crippen LogP contribution in [0.4, 0.5) is 5.69 Å². The van der Waals surface area contributed by atoms with E-state index >= 15 is 0 Å². The topological polar surface area (TPSA) is 122 Å². The summed E-state index contributed by atoms with van der Waals surface area (Å²) in [6.07, 6.45) is 0. The van der Waals surface area contributed by atoms with Crippen LogP contribution in [0, 0.1) is 13.8 Å². The van der Waals surface area contributed by atoms with E-state index in [0.29, 0.717) is 11.3 Å². The molecule has 0 fully saturated rings. The van der Waals surface area contributed by atoms with Gasteiger partial charge in [-0.15, -0.1) is 0 Å². The third-order valence-corrected chi connectivity index (χ3v) is 4.18. The fourth-order valence-corrected chi connectivity index (χ4v) is 2.48. The standard InChI is InChI=1S/C20H21N5O4/c1-13-8-9-16(12-14(13)2)22-18(23-27)17-20(25-29-24-17)28-11-10-21-19(26)15-6-4-3-5-7-15/h3-9,12,27H,10-11H2,1-2H3,(H,21,26)(H,22,23). The van der Waals surface area contributed by atoms with E-state index in [1.807, 2.05) is 43.6 Å². The zero-order valence-corrected chi connectivity index (χ0v) is 16.0. The van der Waals surface area contributed by atoms with Gasteiger partial charge in [0.25, 0.3) is 11.8 Å². The summed E-state index contributed by atoms with van der Waals surface area (Å²) in [5.41, 5.74) is 5.48. The zero-order chi connectivity index (χ0) is 20.6. The Morgan fingerprint density at radius 1 is 1.14 bits per heavy atom. The normalized spacial score (nSPS) is 11.2. The van der Waals surface area contributed by atoms with E-state index in [4.69, 9.17) is 9.37 Å². The fourth-order valence-electron chi connectivity index (χ4n) is 2.48. The van der Waals surface area contributed by atoms with Crippen molar-refractivity contribution in [2.24, 2.45) is 4.99 Å². The highest BCUT2D eigenvalue weighted by Gasteiger charge is 2.18. The summed E-state index contributed by atoms with van der Waals surface area (Å²) in [4.78, 5) is 16.3. The maximum absolute atomic E-state index is 12.0. The number of amides is 1. The van der Waals surface area contributed by atoms with E-state index in [1.54, 1.807) is 24.3 Å². The van der Waals surface area contributed by atoms with Crippen molar-refractivity contribution in [1.29, 1.82) is 0 Å². The van der Waals surface area contributed by atoms with Crippen LogP contribution in [-0.2, 0) is 0 Å². The molecule has 3 rings (SSSR count). The van der Waals surface area contributed by atoms with Gasteiger partial charge in [-0.2, -0.15) is 0 Å². The van der Waals surface area contributed by atoms with Gasteiger partial charge in [-0.05, 0) is 59.6 Å². The van der Waals surface area contributed by atoms with Crippen LogP contribution in [-0.4, -0.2) is 40.4 Å². The van der Waals surface area contributed by atoms with E-state index in [9.17, 15) is 10.0 Å². The lowest BCUT2D eigenvalue weighted by Crippen LogP contribution is -2.28. The van der Waals surface area contributed by atoms with Crippen molar-refractivity contribution in [2.45, 2.75) is 13.8 Å². The Morgan fingerprint density at radius 3 is 2.66 bits per heavy atom. The maximum Gasteiger partial charge on any atom is 0.287 e. The van der Waals surface area contributed by atoms with E-state index in [1.165, 1.54) is 0 Å². The number of hydrogen-bond acceptors (Lipinski definition) is 7. The Kier molecular flexibility index (Phi) is 6.54. The summed E-state index contributed by atoms with van der Waals surface area (Å²) < 4.78 is 10.2. The SMILES string of the molecule is Cc1ccc(N=C(NO)c2nonc2OCCNC(=O)c2ccccc2)cc1C. The minimum Gasteiger partial charge on any atom is -0.472 e. The molecule has 0 unspecified atom stereocenters. The number of hydroxylamine groups is 1. The second-order valence-electron chi connectivity index (χ2n) is 6.23. The molecule has 150 valence electrons. The maximum atomic E-state index is 12.0. The minimum absolute atomic E-state index is 0.0258. The number of rotatable bonds is 7. The van der Waals surface area contributed by atoms with Gasteiger partial charge in [0.1, 0.15) is 6.61 Å². The van der Waals surface area contributed by atoms with Gasteiger partial charge in [0.2, 0.25) is 5.69 Å². The number of ether oxygens (including phenoxy) is 1. The van der Waals surface area contributed by atoms with Crippen LogP contribution in [0.5, 0.6) is 5.88 Å². The number of nitrogens with one attached hydrogen (secondary N) is 2. The Labute approximate surface area is 167 Å². The molecule has 0 aliphatic rings. The van der Waals surface area contributed by atoms with Gasteiger partial charge in [0.05, 0.1) is 12.2 Å². The largest absolute Gasteiger partial charge is 0.472 e. The van der Waals surface area contributed by atoms with Gasteiger partial charge >= 0.3 is 0 Å². The predicted octanol–water partition coefficient (Wildman–Crippen LogP) is 2.55. The van der Waals surface area contributed by atoms with E-state index in [0.717, 1.165) is 11.1 Å². The molecule has 0 bridgehead atoms. The lowest BCUT2D eigenvalue weighted by atomic mass is 10.1. The zero-order valence-electron chi connectivity index (χ0n) is 16.0. The number of carbonyl (C=O) groups excluding carboxylic acids is 1. The Balaban J connectivity index is 1.62. The van der Waals surface area contributed by atoms with Gasteiger partial charge in [-0.3, -0.25) is 15.5 Å². The Morgan fingerprint density at radius 2 is 1.93 bits per heavy atom. The molecular formula is C20H21N5O4. The summed E-state index contributed by atoms with van der Waals surface area (Å²) in [6.45, 7) is 4.34. The number of nitrogens with zero attached hydrogens (tertiary/aromatic N) is 3. The molecule has 1 aromatic heterocycles. The number of aliphatic imine (C=N–C) groups is 1. The molecule has 0 saturated carbocycles. The molecule has 3 N–H and O–H groups in total. The summed E-state index contributed by atoms with van der Waals surface area (Å²) in [5.74, 6) is -0.136. The van der Waals surface area contributed by atoms with Crippen molar-refractivity contribution in [1.82, 2.24) is 21.1 Å². The van der Waals surface area contributed by atoms with Gasteiger partial charge in [0, 0.05) is 5.56 Å². The average molecular weight is 395 g/mol. The van der Waals surface area contributed by atoms with Gasteiger partial charge in [-0.25, -0.2) is 9.62 Å². The fraction of sp³-hybridized carbons (Fsp3) is 0.200. The lowest BCUT2D eigenvalue weighted by Gasteiger charge is -2.07. The third kappa shape index (κ3) is 5.17. The van der Waals surface area contributed by atoms with Crippen LogP contribution >= 0.6 is 0 Å². The summed E-state index contributed by atoms with van der Waals surface area (Å²) in [6, 6.07) is 14.5. The highest BCUT2D eigenvalue weighted by molar-refractivity contribution is 5.99. The Bertz CT molecular complexity index is 1000. The van der Waals surface area contributed by atoms with Crippen LogP contribution < -0.4 is 15.5 Å². The smallest absolute Gasteiger partial charge is 0.287 e. The van der Waals surface area contributed by atoms with Crippen LogP contribution in [0.1, 0.15) is 27.2 Å². The van der Waals surface area contributed by atoms with Gasteiger partial charge < -0.3 is 10.1 Å². The van der Waals surface area contributed by atoms with Crippen molar-refractivity contribution >= 4 is 17.4 Å². The quantitative estimate of drug-likeness (QED) is 0.243. The summed E-state index contributed by atoms with van der Waals surface area (Å²) in [5, 5.41) is 19.6. The van der Waals surface area contributed by atoms with Crippen LogP contribution in [0.15, 0.2) is 58.2 Å². The first-order chi connectivity index (χ1) is 14.1. The van der Waals surface area contributed by atoms with E-state index in [-0.39, 0.29) is 36.5 Å². The third-order valence-electron chi connectivity index (χ3n) is 4.18. The van der Waals surface area contributed by atoms with Crippen LogP contribution in [0.25, 0.3) is 0 Å². The monoisotopic (exact) mass is 395 g/mol. The molecule has 0 saturated heterocycles. The predicted molar refractivity (Wildman–Crippen MR) is 106 cm³/mol. The van der Waals surface area contributed by atoms with Gasteiger partial charge in [-0.1, -0.05) is 24.3 Å². The Hall–Kier alpha value is -3.72. The molecule has 0 atom stereocenters. The summed E-state index contributed by atoms with van der Waals surface area (Å²) >= 11 is 0. The van der Waals surface area contributed by atoms with E-state index in [2.05, 4.69) is 20.6 Å². The number of aryl methyl sites for hydroxylation is 2. The number of amidine groups is 1. The first-order valence-electron chi connectivity index (χ1n) is 8.93. The molecule has 3 aromatic rings. The highest BCUT2D eigenvalue weighted by Crippen LogP contribution is 2.20. The highest BCUT2D eigenvalue weighted by atomic mass is 16.6. The summed E-state index contributed by atoms with van der Waals surface area (Å²) in [7, 11) is 0. The van der Waals surface area contributed by atoms with Crippen molar-refractivity contribution in [3.05, 3.63) is 70.9 Å². The second-order valence-corrected chi connectivity index (χ2v) is 6.23. The lowest BCUT2D eigenvalue weighted by molar-refractivity contribution is 0.0946. The van der Waals surface area contributed by atoms with Crippen LogP contribution in [0.2, 0.25) is 0 Å². The van der Waals surface area contributed by atoms with Crippen molar-refractivity contribution < 1.29 is 19.4 Å². The molecule has 1 heterocycles. The van der Waals surface area contributed by atoms with Crippen molar-refractivity contribution in [2.75, 3.05) is 13.2 Å². The van der Waals surface area contributed by atoms with Gasteiger partial charge in [0.15, 0.2) is 5.84 Å². The second kappa shape index (κ2) is 9.47. The first kappa shape index (κ1) is 20.0. The minimum atomic E-state index is -0.207. The number of benzene rings is 2. The molecule has 1 amide bonds. The molecule has 0 aliphatic heterocycles. The average Bonchev–Trinajstić information content (AvgIpc) is 3.20. The molecule has 29 heavy (non-hydrogen) atoms. The first-order valence-corrected chi connectivity index (χ1v) is 8.93. The molecule has 2 aromatic carbocycles. The molecular weight excluding hydrogens is 374 g/mol. The van der Waals surface area contributed by atoms with Crippen LogP contribution in [0.3, 0.4) is 0 Å². The van der Waals surface area contributed by atoms with Crippen molar-refractivity contribution in [3.8, 4) is 5.88 Å². The molecule has 0 aliphatic carbocycles. The van der Waals surface area contributed by atoms with E-state index < -0.39 is 0 Å². The molecule has 9 nitrogen and oxygen atoms in total. The number of aromatic nitrogens is 2. The molecule has 9 heteroatoms. The number of hydrogen-bond donors (Lipinski definition) is 3.